The molecule has 0 aliphatic carbocycles. The molecule has 0 saturated heterocycles. The van der Waals surface area contributed by atoms with Gasteiger partial charge in [0.25, 0.3) is 0 Å². The summed E-state index contributed by atoms with van der Waals surface area (Å²) < 4.78 is 11.2. The molecular formula is C15H15N3O2. The first-order valence-corrected chi connectivity index (χ1v) is 6.50. The zero-order chi connectivity index (χ0) is 13.8. The Kier molecular flexibility index (Phi) is 3.50. The molecule has 3 rings (SSSR count). The van der Waals surface area contributed by atoms with Gasteiger partial charge in [-0.15, -0.1) is 0 Å². The van der Waals surface area contributed by atoms with Crippen LogP contribution >= 0.6 is 0 Å². The fraction of sp³-hybridized carbons (Fsp3) is 0.200. The van der Waals surface area contributed by atoms with Crippen molar-refractivity contribution in [3.8, 4) is 5.75 Å². The standard InChI is InChI=1S/C15H15N3O2/c16-11-9-13-15(17-10-11)20-14(18-13)7-4-8-19-12-5-2-1-3-6-12/h1-3,5-6,9-10H,4,7-8,16H2. The van der Waals surface area contributed by atoms with Crippen LogP contribution in [0, 0.1) is 0 Å². The third kappa shape index (κ3) is 2.88. The molecule has 2 N–H and O–H groups in total. The molecule has 0 fully saturated rings. The van der Waals surface area contributed by atoms with Crippen LogP contribution in [0.4, 0.5) is 5.69 Å². The maximum atomic E-state index is 5.66. The van der Waals surface area contributed by atoms with Gasteiger partial charge in [-0.3, -0.25) is 0 Å². The Labute approximate surface area is 116 Å². The summed E-state index contributed by atoms with van der Waals surface area (Å²) in [5.41, 5.74) is 7.47. The van der Waals surface area contributed by atoms with Gasteiger partial charge in [0, 0.05) is 6.42 Å². The van der Waals surface area contributed by atoms with Gasteiger partial charge < -0.3 is 14.9 Å². The average molecular weight is 269 g/mol. The molecule has 2 heterocycles. The van der Waals surface area contributed by atoms with Gasteiger partial charge in [0.2, 0.25) is 5.71 Å². The number of rotatable bonds is 5. The lowest BCUT2D eigenvalue weighted by Crippen LogP contribution is -1.99. The highest BCUT2D eigenvalue weighted by Gasteiger charge is 2.07. The Bertz CT molecular complexity index is 695. The lowest BCUT2D eigenvalue weighted by Gasteiger charge is -2.03. The third-order valence-corrected chi connectivity index (χ3v) is 2.86. The van der Waals surface area contributed by atoms with Crippen molar-refractivity contribution in [2.45, 2.75) is 12.8 Å². The third-order valence-electron chi connectivity index (χ3n) is 2.86. The number of anilines is 1. The maximum Gasteiger partial charge on any atom is 0.247 e. The minimum atomic E-state index is 0.526. The van der Waals surface area contributed by atoms with Crippen LogP contribution in [0.5, 0.6) is 5.75 Å². The van der Waals surface area contributed by atoms with Crippen LogP contribution < -0.4 is 10.5 Å². The number of pyridine rings is 1. The quantitative estimate of drug-likeness (QED) is 0.721. The molecule has 0 unspecified atom stereocenters. The van der Waals surface area contributed by atoms with E-state index in [1.54, 1.807) is 12.3 Å². The highest BCUT2D eigenvalue weighted by atomic mass is 16.5. The van der Waals surface area contributed by atoms with E-state index in [9.17, 15) is 0 Å². The number of aryl methyl sites for hydroxylation is 1. The molecule has 1 aromatic carbocycles. The van der Waals surface area contributed by atoms with Crippen LogP contribution in [0.2, 0.25) is 0 Å². The summed E-state index contributed by atoms with van der Waals surface area (Å²) >= 11 is 0. The van der Waals surface area contributed by atoms with Crippen molar-refractivity contribution in [1.29, 1.82) is 0 Å². The summed E-state index contributed by atoms with van der Waals surface area (Å²) in [5, 5.41) is 0. The van der Waals surface area contributed by atoms with E-state index in [0.29, 0.717) is 35.8 Å². The summed E-state index contributed by atoms with van der Waals surface area (Å²) in [5.74, 6) is 1.54. The number of ether oxygens (including phenoxy) is 1. The maximum absolute atomic E-state index is 5.66. The zero-order valence-electron chi connectivity index (χ0n) is 11.0. The van der Waals surface area contributed by atoms with Crippen molar-refractivity contribution in [3.63, 3.8) is 0 Å². The number of benzene rings is 1. The van der Waals surface area contributed by atoms with Crippen molar-refractivity contribution >= 4 is 16.9 Å². The summed E-state index contributed by atoms with van der Waals surface area (Å²) in [6.07, 6.45) is 3.11. The molecule has 0 amide bonds. The van der Waals surface area contributed by atoms with Crippen molar-refractivity contribution in [1.82, 2.24) is 9.97 Å². The van der Waals surface area contributed by atoms with Gasteiger partial charge in [-0.05, 0) is 24.6 Å². The molecule has 0 atom stereocenters. The van der Waals surface area contributed by atoms with Gasteiger partial charge in [0.1, 0.15) is 11.3 Å². The molecule has 0 saturated carbocycles. The van der Waals surface area contributed by atoms with Gasteiger partial charge in [0.15, 0.2) is 5.89 Å². The van der Waals surface area contributed by atoms with Crippen molar-refractivity contribution in [3.05, 3.63) is 48.5 Å². The molecule has 5 nitrogen and oxygen atoms in total. The lowest BCUT2D eigenvalue weighted by atomic mass is 10.3. The normalized spacial score (nSPS) is 10.8. The van der Waals surface area contributed by atoms with Gasteiger partial charge in [-0.2, -0.15) is 0 Å². The topological polar surface area (TPSA) is 74.2 Å². The predicted molar refractivity (Wildman–Crippen MR) is 76.5 cm³/mol. The first kappa shape index (κ1) is 12.5. The van der Waals surface area contributed by atoms with Gasteiger partial charge in [-0.25, -0.2) is 9.97 Å². The van der Waals surface area contributed by atoms with Crippen molar-refractivity contribution in [2.24, 2.45) is 0 Å². The van der Waals surface area contributed by atoms with Crippen LogP contribution in [-0.4, -0.2) is 16.6 Å². The van der Waals surface area contributed by atoms with Crippen LogP contribution in [0.3, 0.4) is 0 Å². The van der Waals surface area contributed by atoms with Crippen LogP contribution in [0.1, 0.15) is 12.3 Å². The van der Waals surface area contributed by atoms with E-state index in [0.717, 1.165) is 12.2 Å². The fourth-order valence-electron chi connectivity index (χ4n) is 1.92. The summed E-state index contributed by atoms with van der Waals surface area (Å²) in [6.45, 7) is 0.623. The number of nitrogens with zero attached hydrogens (tertiary/aromatic N) is 2. The predicted octanol–water partition coefficient (Wildman–Crippen LogP) is 2.82. The van der Waals surface area contributed by atoms with E-state index in [4.69, 9.17) is 14.9 Å². The number of aromatic nitrogens is 2. The minimum absolute atomic E-state index is 0.526. The van der Waals surface area contributed by atoms with Crippen molar-refractivity contribution < 1.29 is 9.15 Å². The monoisotopic (exact) mass is 269 g/mol. The molecule has 0 aliphatic rings. The number of nitrogen functional groups attached to an aromatic ring is 1. The van der Waals surface area contributed by atoms with E-state index in [2.05, 4.69) is 9.97 Å². The molecule has 3 aromatic rings. The Morgan fingerprint density at radius 3 is 2.90 bits per heavy atom. The summed E-state index contributed by atoms with van der Waals surface area (Å²) in [7, 11) is 0. The molecule has 20 heavy (non-hydrogen) atoms. The van der Waals surface area contributed by atoms with Crippen LogP contribution in [0.25, 0.3) is 11.2 Å². The number of oxazole rings is 1. The number of para-hydroxylation sites is 1. The highest BCUT2D eigenvalue weighted by molar-refractivity contribution is 5.71. The molecule has 2 aromatic heterocycles. The summed E-state index contributed by atoms with van der Waals surface area (Å²) in [6, 6.07) is 11.5. The van der Waals surface area contributed by atoms with E-state index in [1.165, 1.54) is 0 Å². The molecule has 0 radical (unpaired) electrons. The molecular weight excluding hydrogens is 254 g/mol. The van der Waals surface area contributed by atoms with Gasteiger partial charge >= 0.3 is 0 Å². The smallest absolute Gasteiger partial charge is 0.247 e. The molecule has 0 aliphatic heterocycles. The Balaban J connectivity index is 1.55. The SMILES string of the molecule is Nc1cnc2oc(CCCOc3ccccc3)nc2c1. The Hall–Kier alpha value is -2.56. The second kappa shape index (κ2) is 5.61. The first-order chi connectivity index (χ1) is 9.81. The number of nitrogens with two attached hydrogens (primary N) is 1. The molecule has 102 valence electrons. The number of fused-ring (bicyclic) bond motifs is 1. The Morgan fingerprint density at radius 1 is 1.20 bits per heavy atom. The summed E-state index contributed by atoms with van der Waals surface area (Å²) in [4.78, 5) is 8.45. The minimum Gasteiger partial charge on any atom is -0.494 e. The van der Waals surface area contributed by atoms with Crippen molar-refractivity contribution in [2.75, 3.05) is 12.3 Å². The van der Waals surface area contributed by atoms with E-state index in [-0.39, 0.29) is 0 Å². The average Bonchev–Trinajstić information content (AvgIpc) is 2.86. The van der Waals surface area contributed by atoms with Gasteiger partial charge in [-0.1, -0.05) is 18.2 Å². The second-order valence-corrected chi connectivity index (χ2v) is 4.47. The highest BCUT2D eigenvalue weighted by Crippen LogP contribution is 2.16. The largest absolute Gasteiger partial charge is 0.494 e. The number of hydrogen-bond acceptors (Lipinski definition) is 5. The fourth-order valence-corrected chi connectivity index (χ4v) is 1.92. The second-order valence-electron chi connectivity index (χ2n) is 4.47. The number of hydrogen-bond donors (Lipinski definition) is 1. The molecule has 5 heteroatoms. The Morgan fingerprint density at radius 2 is 2.05 bits per heavy atom. The zero-order valence-corrected chi connectivity index (χ0v) is 11.0. The first-order valence-electron chi connectivity index (χ1n) is 6.50. The van der Waals surface area contributed by atoms with Gasteiger partial charge in [0.05, 0.1) is 18.5 Å². The molecule has 0 spiro atoms. The van der Waals surface area contributed by atoms with E-state index < -0.39 is 0 Å². The van der Waals surface area contributed by atoms with E-state index >= 15 is 0 Å². The lowest BCUT2D eigenvalue weighted by molar-refractivity contribution is 0.305. The van der Waals surface area contributed by atoms with E-state index in [1.807, 2.05) is 30.3 Å². The van der Waals surface area contributed by atoms with Crippen LogP contribution in [0.15, 0.2) is 47.0 Å². The molecule has 0 bridgehead atoms. The van der Waals surface area contributed by atoms with Crippen LogP contribution in [-0.2, 0) is 6.42 Å².